The molecule has 0 aliphatic carbocycles. The third kappa shape index (κ3) is 3.65. The van der Waals surface area contributed by atoms with Gasteiger partial charge in [0, 0.05) is 50.0 Å². The van der Waals surface area contributed by atoms with Gasteiger partial charge in [0.2, 0.25) is 0 Å². The second-order valence-electron chi connectivity index (χ2n) is 6.53. The highest BCUT2D eigenvalue weighted by atomic mass is 16.2. The van der Waals surface area contributed by atoms with E-state index < -0.39 is 0 Å². The first kappa shape index (κ1) is 16.2. The summed E-state index contributed by atoms with van der Waals surface area (Å²) in [5.41, 5.74) is 4.39. The summed E-state index contributed by atoms with van der Waals surface area (Å²) in [4.78, 5) is 16.2. The second kappa shape index (κ2) is 6.87. The lowest BCUT2D eigenvalue weighted by molar-refractivity contribution is -0.478. The molecular formula is C20H24N3O+. The van der Waals surface area contributed by atoms with Crippen molar-refractivity contribution in [1.82, 2.24) is 9.80 Å². The topological polar surface area (TPSA) is 26.6 Å². The molecule has 1 amide bonds. The average Bonchev–Trinajstić information content (AvgIpc) is 3.22. The van der Waals surface area contributed by atoms with E-state index in [2.05, 4.69) is 53.2 Å². The van der Waals surface area contributed by atoms with E-state index >= 15 is 0 Å². The number of carbonyl (C=O) groups is 1. The Labute approximate surface area is 143 Å². The standard InChI is InChI=1S/C20H24N3O/c1-21-11-9-16(14-21)5-4-6-19-13-18(20(24)23(19)3)8-7-17-10-12-22(2)15-17/h4-12H,13-15H2,1-3H3/q+1. The average molecular weight is 322 g/mol. The fourth-order valence-electron chi connectivity index (χ4n) is 2.98. The van der Waals surface area contributed by atoms with Gasteiger partial charge in [0.05, 0.1) is 0 Å². The number of amides is 1. The van der Waals surface area contributed by atoms with Crippen molar-refractivity contribution in [2.75, 3.05) is 34.2 Å². The van der Waals surface area contributed by atoms with Crippen molar-refractivity contribution < 1.29 is 9.37 Å². The maximum Gasteiger partial charge on any atom is 0.254 e. The number of allylic oxidation sites excluding steroid dienone is 6. The Morgan fingerprint density at radius 2 is 2.04 bits per heavy atom. The number of likely N-dealkylation sites (N-methyl/N-ethyl adjacent to an activating group) is 3. The number of rotatable bonds is 3. The van der Waals surface area contributed by atoms with Crippen molar-refractivity contribution in [3.05, 3.63) is 71.1 Å². The van der Waals surface area contributed by atoms with Crippen LogP contribution in [0.1, 0.15) is 6.42 Å². The number of hydrogen-bond acceptors (Lipinski definition) is 2. The SMILES string of the molecule is CN1C=CC(=CC=C2CC(=CC=CC3=CC=[N+](C)C3)N(C)C2=O)C1. The van der Waals surface area contributed by atoms with E-state index in [1.807, 2.05) is 32.3 Å². The molecule has 24 heavy (non-hydrogen) atoms. The zero-order chi connectivity index (χ0) is 17.1. The Hall–Kier alpha value is -2.62. The summed E-state index contributed by atoms with van der Waals surface area (Å²) < 4.78 is 2.14. The summed E-state index contributed by atoms with van der Waals surface area (Å²) >= 11 is 0. The van der Waals surface area contributed by atoms with Crippen LogP contribution in [-0.4, -0.2) is 60.7 Å². The van der Waals surface area contributed by atoms with E-state index in [1.165, 1.54) is 11.1 Å². The number of hydrogen-bond donors (Lipinski definition) is 0. The van der Waals surface area contributed by atoms with Gasteiger partial charge >= 0.3 is 0 Å². The first-order valence-electron chi connectivity index (χ1n) is 8.20. The Morgan fingerprint density at radius 1 is 1.21 bits per heavy atom. The van der Waals surface area contributed by atoms with Crippen LogP contribution in [-0.2, 0) is 4.79 Å². The van der Waals surface area contributed by atoms with E-state index in [0.29, 0.717) is 6.42 Å². The zero-order valence-electron chi connectivity index (χ0n) is 14.6. The van der Waals surface area contributed by atoms with Crippen LogP contribution in [0.5, 0.6) is 0 Å². The van der Waals surface area contributed by atoms with Gasteiger partial charge in [-0.15, -0.1) is 0 Å². The highest BCUT2D eigenvalue weighted by molar-refractivity contribution is 5.98. The second-order valence-corrected chi connectivity index (χ2v) is 6.53. The van der Waals surface area contributed by atoms with Crippen LogP contribution in [0.15, 0.2) is 71.1 Å². The maximum absolute atomic E-state index is 12.4. The van der Waals surface area contributed by atoms with E-state index in [1.54, 1.807) is 4.90 Å². The molecule has 0 aromatic carbocycles. The van der Waals surface area contributed by atoms with Crippen LogP contribution >= 0.6 is 0 Å². The van der Waals surface area contributed by atoms with Crippen LogP contribution in [0, 0.1) is 0 Å². The summed E-state index contributed by atoms with van der Waals surface area (Å²) in [6.07, 6.45) is 19.2. The van der Waals surface area contributed by atoms with E-state index in [-0.39, 0.29) is 5.91 Å². The van der Waals surface area contributed by atoms with Crippen molar-refractivity contribution in [2.24, 2.45) is 0 Å². The van der Waals surface area contributed by atoms with Gasteiger partial charge in [-0.2, -0.15) is 0 Å². The Bertz CT molecular complexity index is 760. The lowest BCUT2D eigenvalue weighted by atomic mass is 10.1. The van der Waals surface area contributed by atoms with Crippen LogP contribution in [0.25, 0.3) is 0 Å². The van der Waals surface area contributed by atoms with Gasteiger partial charge in [-0.25, -0.2) is 4.58 Å². The predicted molar refractivity (Wildman–Crippen MR) is 97.7 cm³/mol. The lowest BCUT2D eigenvalue weighted by Gasteiger charge is -2.08. The lowest BCUT2D eigenvalue weighted by Crippen LogP contribution is -2.17. The monoisotopic (exact) mass is 322 g/mol. The molecule has 0 radical (unpaired) electrons. The molecule has 3 aliphatic heterocycles. The normalized spacial score (nSPS) is 26.0. The molecule has 0 spiro atoms. The molecular weight excluding hydrogens is 298 g/mol. The summed E-state index contributed by atoms with van der Waals surface area (Å²) in [5.74, 6) is 0.0926. The molecule has 1 fully saturated rings. The molecule has 3 rings (SSSR count). The van der Waals surface area contributed by atoms with E-state index in [9.17, 15) is 4.79 Å². The molecule has 124 valence electrons. The number of carbonyl (C=O) groups excluding carboxylic acids is 1. The van der Waals surface area contributed by atoms with Gasteiger partial charge < -0.3 is 9.80 Å². The van der Waals surface area contributed by atoms with Crippen molar-refractivity contribution in [2.45, 2.75) is 6.42 Å². The number of nitrogens with zero attached hydrogens (tertiary/aromatic N) is 3. The Balaban J connectivity index is 1.66. The summed E-state index contributed by atoms with van der Waals surface area (Å²) in [7, 11) is 5.94. The third-order valence-electron chi connectivity index (χ3n) is 4.43. The van der Waals surface area contributed by atoms with E-state index in [0.717, 1.165) is 24.4 Å². The molecule has 3 aliphatic rings. The van der Waals surface area contributed by atoms with Gasteiger partial charge in [0.15, 0.2) is 12.8 Å². The van der Waals surface area contributed by atoms with Crippen LogP contribution in [0.4, 0.5) is 0 Å². The molecule has 3 heterocycles. The molecule has 0 unspecified atom stereocenters. The van der Waals surface area contributed by atoms with Crippen molar-refractivity contribution in [1.29, 1.82) is 0 Å². The highest BCUT2D eigenvalue weighted by Crippen LogP contribution is 2.26. The summed E-state index contributed by atoms with van der Waals surface area (Å²) in [6, 6.07) is 0. The van der Waals surface area contributed by atoms with Gasteiger partial charge in [0.25, 0.3) is 5.91 Å². The van der Waals surface area contributed by atoms with Gasteiger partial charge in [0.1, 0.15) is 7.05 Å². The Morgan fingerprint density at radius 3 is 2.71 bits per heavy atom. The quantitative estimate of drug-likeness (QED) is 0.588. The van der Waals surface area contributed by atoms with Gasteiger partial charge in [-0.05, 0) is 23.9 Å². The molecule has 4 heteroatoms. The largest absolute Gasteiger partial charge is 0.376 e. The van der Waals surface area contributed by atoms with Gasteiger partial charge in [-0.1, -0.05) is 24.3 Å². The fraction of sp³-hybridized carbons (Fsp3) is 0.300. The first-order valence-corrected chi connectivity index (χ1v) is 8.20. The minimum absolute atomic E-state index is 0.0926. The molecule has 0 atom stereocenters. The molecule has 1 saturated heterocycles. The molecule has 0 aromatic rings. The highest BCUT2D eigenvalue weighted by Gasteiger charge is 2.26. The molecule has 0 bridgehead atoms. The summed E-state index contributed by atoms with van der Waals surface area (Å²) in [5, 5.41) is 0. The predicted octanol–water partition coefficient (Wildman–Crippen LogP) is 2.25. The molecule has 0 saturated carbocycles. The van der Waals surface area contributed by atoms with Gasteiger partial charge in [-0.3, -0.25) is 4.79 Å². The van der Waals surface area contributed by atoms with Crippen LogP contribution < -0.4 is 0 Å². The number of likely N-dealkylation sites (tertiary alicyclic amines) is 1. The maximum atomic E-state index is 12.4. The van der Waals surface area contributed by atoms with Crippen molar-refractivity contribution >= 4 is 12.1 Å². The smallest absolute Gasteiger partial charge is 0.254 e. The van der Waals surface area contributed by atoms with Crippen molar-refractivity contribution in [3.63, 3.8) is 0 Å². The minimum atomic E-state index is 0.0926. The van der Waals surface area contributed by atoms with Crippen LogP contribution in [0.3, 0.4) is 0 Å². The minimum Gasteiger partial charge on any atom is -0.376 e. The molecule has 0 N–H and O–H groups in total. The Kier molecular flexibility index (Phi) is 4.65. The van der Waals surface area contributed by atoms with Crippen LogP contribution in [0.2, 0.25) is 0 Å². The fourth-order valence-corrected chi connectivity index (χ4v) is 2.98. The third-order valence-corrected chi connectivity index (χ3v) is 4.43. The van der Waals surface area contributed by atoms with E-state index in [4.69, 9.17) is 0 Å². The molecule has 4 nitrogen and oxygen atoms in total. The zero-order valence-corrected chi connectivity index (χ0v) is 14.6. The molecule has 0 aromatic heterocycles. The van der Waals surface area contributed by atoms with Crippen molar-refractivity contribution in [3.8, 4) is 0 Å². The first-order chi connectivity index (χ1) is 11.5. The summed E-state index contributed by atoms with van der Waals surface area (Å²) in [6.45, 7) is 1.84.